The molecule has 2 heteroatoms. The van der Waals surface area contributed by atoms with E-state index in [1.54, 1.807) is 6.08 Å². The first-order valence-electron chi connectivity index (χ1n) is 2.30. The van der Waals surface area contributed by atoms with E-state index in [1.807, 2.05) is 21.9 Å². The molecule has 0 radical (unpaired) electrons. The number of aromatic nitrogens is 1. The molecule has 1 heterocycles. The molecule has 42 valence electrons. The van der Waals surface area contributed by atoms with Crippen LogP contribution in [0.25, 0.3) is 6.08 Å². The van der Waals surface area contributed by atoms with Crippen LogP contribution in [0, 0.1) is 0 Å². The highest BCUT2D eigenvalue weighted by molar-refractivity contribution is 9.08. The average Bonchev–Trinajstić information content (AvgIpc) is 2.14. The van der Waals surface area contributed by atoms with Gasteiger partial charge < -0.3 is 0 Å². The van der Waals surface area contributed by atoms with Crippen molar-refractivity contribution in [3.63, 3.8) is 0 Å². The van der Waals surface area contributed by atoms with Crippen LogP contribution in [0.4, 0.5) is 0 Å². The fourth-order valence-electron chi connectivity index (χ4n) is 0.530. The Morgan fingerprint density at radius 3 is 2.75 bits per heavy atom. The second-order valence-corrected chi connectivity index (χ2v) is 2.21. The van der Waals surface area contributed by atoms with E-state index >= 15 is 0 Å². The summed E-state index contributed by atoms with van der Waals surface area (Å²) in [4.78, 5) is 0. The molecular formula is C6H6BrN. The summed E-state index contributed by atoms with van der Waals surface area (Å²) in [6.45, 7) is 3.61. The van der Waals surface area contributed by atoms with Crippen molar-refractivity contribution in [2.75, 3.05) is 0 Å². The third-order valence-electron chi connectivity index (χ3n) is 0.940. The third kappa shape index (κ3) is 0.842. The minimum absolute atomic E-state index is 1.07. The van der Waals surface area contributed by atoms with E-state index in [0.717, 1.165) is 5.69 Å². The Morgan fingerprint density at radius 2 is 2.50 bits per heavy atom. The van der Waals surface area contributed by atoms with E-state index in [0.29, 0.717) is 0 Å². The van der Waals surface area contributed by atoms with Gasteiger partial charge in [0.1, 0.15) is 0 Å². The van der Waals surface area contributed by atoms with Gasteiger partial charge in [-0.15, -0.1) is 0 Å². The van der Waals surface area contributed by atoms with Gasteiger partial charge in [0.2, 0.25) is 0 Å². The summed E-state index contributed by atoms with van der Waals surface area (Å²) >= 11 is 3.27. The Bertz CT molecular complexity index is 190. The van der Waals surface area contributed by atoms with Crippen LogP contribution in [0.1, 0.15) is 5.69 Å². The topological polar surface area (TPSA) is 4.93 Å². The van der Waals surface area contributed by atoms with E-state index < -0.39 is 0 Å². The third-order valence-corrected chi connectivity index (χ3v) is 1.59. The predicted octanol–water partition coefficient (Wildman–Crippen LogP) is 2.29. The summed E-state index contributed by atoms with van der Waals surface area (Å²) in [6.07, 6.45) is 3.70. The van der Waals surface area contributed by atoms with Gasteiger partial charge in [-0.25, -0.2) is 0 Å². The van der Waals surface area contributed by atoms with Gasteiger partial charge in [0.15, 0.2) is 0 Å². The lowest BCUT2D eigenvalue weighted by molar-refractivity contribution is 1.29. The summed E-state index contributed by atoms with van der Waals surface area (Å²) in [5, 5.41) is 0. The average molecular weight is 172 g/mol. The van der Waals surface area contributed by atoms with E-state index in [-0.39, 0.29) is 0 Å². The monoisotopic (exact) mass is 171 g/mol. The zero-order valence-electron chi connectivity index (χ0n) is 4.34. The van der Waals surface area contributed by atoms with Crippen LogP contribution >= 0.6 is 16.1 Å². The molecule has 1 rings (SSSR count). The second kappa shape index (κ2) is 2.18. The van der Waals surface area contributed by atoms with Crippen molar-refractivity contribution in [2.24, 2.45) is 0 Å². The Morgan fingerprint density at radius 1 is 1.75 bits per heavy atom. The Labute approximate surface area is 57.0 Å². The molecule has 0 aliphatic heterocycles. The Kier molecular flexibility index (Phi) is 1.53. The summed E-state index contributed by atoms with van der Waals surface area (Å²) in [5.74, 6) is 0. The minimum atomic E-state index is 1.07. The minimum Gasteiger partial charge on any atom is -0.284 e. The molecule has 8 heavy (non-hydrogen) atoms. The summed E-state index contributed by atoms with van der Waals surface area (Å²) in [7, 11) is 0. The molecule has 0 fully saturated rings. The molecule has 0 aliphatic rings. The number of rotatable bonds is 1. The van der Waals surface area contributed by atoms with Crippen molar-refractivity contribution in [2.45, 2.75) is 0 Å². The maximum Gasteiger partial charge on any atom is 0.0545 e. The van der Waals surface area contributed by atoms with Crippen molar-refractivity contribution < 1.29 is 0 Å². The van der Waals surface area contributed by atoms with Gasteiger partial charge in [0.25, 0.3) is 0 Å². The Balaban J connectivity index is 3.09. The van der Waals surface area contributed by atoms with Crippen LogP contribution in [0.5, 0.6) is 0 Å². The van der Waals surface area contributed by atoms with Crippen LogP contribution in [-0.2, 0) is 0 Å². The number of nitrogens with zero attached hydrogens (tertiary/aromatic N) is 1. The summed E-state index contributed by atoms with van der Waals surface area (Å²) < 4.78 is 1.83. The van der Waals surface area contributed by atoms with E-state index in [1.165, 1.54) is 0 Å². The molecule has 1 aromatic heterocycles. The molecule has 0 saturated heterocycles. The summed E-state index contributed by atoms with van der Waals surface area (Å²) in [5.41, 5.74) is 1.07. The molecule has 0 spiro atoms. The molecular weight excluding hydrogens is 166 g/mol. The second-order valence-electron chi connectivity index (χ2n) is 1.45. The van der Waals surface area contributed by atoms with Crippen molar-refractivity contribution in [3.8, 4) is 0 Å². The van der Waals surface area contributed by atoms with Crippen LogP contribution in [0.2, 0.25) is 0 Å². The van der Waals surface area contributed by atoms with Crippen molar-refractivity contribution in [3.05, 3.63) is 30.6 Å². The molecule has 0 bridgehead atoms. The van der Waals surface area contributed by atoms with Gasteiger partial charge in [0, 0.05) is 6.20 Å². The molecule has 0 unspecified atom stereocenters. The largest absolute Gasteiger partial charge is 0.284 e. The Hall–Kier alpha value is -0.500. The first-order valence-corrected chi connectivity index (χ1v) is 3.01. The molecule has 0 saturated carbocycles. The molecule has 0 aliphatic carbocycles. The number of hydrogen-bond acceptors (Lipinski definition) is 0. The normalized spacial score (nSPS) is 9.12. The maximum absolute atomic E-state index is 3.61. The quantitative estimate of drug-likeness (QED) is 0.612. The van der Waals surface area contributed by atoms with Gasteiger partial charge in [-0.1, -0.05) is 6.58 Å². The van der Waals surface area contributed by atoms with Crippen LogP contribution in [0.15, 0.2) is 24.9 Å². The fraction of sp³-hybridized carbons (Fsp3) is 0. The van der Waals surface area contributed by atoms with E-state index in [9.17, 15) is 0 Å². The van der Waals surface area contributed by atoms with Gasteiger partial charge in [-0.2, -0.15) is 0 Å². The van der Waals surface area contributed by atoms with Crippen molar-refractivity contribution in [1.82, 2.24) is 3.59 Å². The van der Waals surface area contributed by atoms with Gasteiger partial charge >= 0.3 is 0 Å². The predicted molar refractivity (Wildman–Crippen MR) is 38.8 cm³/mol. The zero-order chi connectivity index (χ0) is 5.98. The number of hydrogen-bond donors (Lipinski definition) is 0. The molecule has 1 aromatic rings. The van der Waals surface area contributed by atoms with Gasteiger partial charge in [-0.05, 0) is 18.2 Å². The molecule has 0 atom stereocenters. The first kappa shape index (κ1) is 5.63. The van der Waals surface area contributed by atoms with Crippen LogP contribution in [0.3, 0.4) is 0 Å². The van der Waals surface area contributed by atoms with Crippen LogP contribution < -0.4 is 0 Å². The highest BCUT2D eigenvalue weighted by Crippen LogP contribution is 2.05. The van der Waals surface area contributed by atoms with Gasteiger partial charge in [-0.3, -0.25) is 3.59 Å². The van der Waals surface area contributed by atoms with Crippen molar-refractivity contribution in [1.29, 1.82) is 0 Å². The van der Waals surface area contributed by atoms with Crippen molar-refractivity contribution >= 4 is 22.2 Å². The molecule has 1 nitrogen and oxygen atoms in total. The molecule has 0 aromatic carbocycles. The standard InChI is InChI=1S/C6H6BrN/c1-2-6-4-3-5-8(6)7/h2-5H,1H2. The lowest BCUT2D eigenvalue weighted by atomic mass is 10.4. The highest BCUT2D eigenvalue weighted by atomic mass is 79.9. The first-order chi connectivity index (χ1) is 3.84. The SMILES string of the molecule is C=Cc1cccn1Br. The molecule has 0 N–H and O–H groups in total. The maximum atomic E-state index is 3.61. The smallest absolute Gasteiger partial charge is 0.0545 e. The lowest BCUT2D eigenvalue weighted by Gasteiger charge is -1.88. The van der Waals surface area contributed by atoms with Gasteiger partial charge in [0.05, 0.1) is 21.8 Å². The summed E-state index contributed by atoms with van der Waals surface area (Å²) in [6, 6.07) is 3.92. The van der Waals surface area contributed by atoms with E-state index in [4.69, 9.17) is 0 Å². The lowest BCUT2D eigenvalue weighted by Crippen LogP contribution is -1.75. The fourth-order valence-corrected chi connectivity index (χ4v) is 0.929. The van der Waals surface area contributed by atoms with Crippen LogP contribution in [-0.4, -0.2) is 3.59 Å². The highest BCUT2D eigenvalue weighted by Gasteiger charge is 1.87. The molecule has 0 amide bonds. The zero-order valence-corrected chi connectivity index (χ0v) is 5.93. The van der Waals surface area contributed by atoms with E-state index in [2.05, 4.69) is 22.7 Å². The number of halogens is 1.